The van der Waals surface area contributed by atoms with Gasteiger partial charge in [0.25, 0.3) is 0 Å². The first-order valence-corrected chi connectivity index (χ1v) is 9.39. The summed E-state index contributed by atoms with van der Waals surface area (Å²) >= 11 is 2.00. The monoisotopic (exact) mass is 319 g/mol. The van der Waals surface area contributed by atoms with E-state index in [1.54, 1.807) is 0 Å². The summed E-state index contributed by atoms with van der Waals surface area (Å²) in [5.41, 5.74) is 1.14. The highest BCUT2D eigenvalue weighted by Crippen LogP contribution is 2.22. The Kier molecular flexibility index (Phi) is 5.48. The molecule has 2 atom stereocenters. The van der Waals surface area contributed by atoms with E-state index in [0.717, 1.165) is 38.2 Å². The molecule has 0 unspecified atom stereocenters. The topological polar surface area (TPSA) is 44.4 Å². The molecular formula is C17H25N3OS. The molecule has 2 aliphatic heterocycles. The number of para-hydroxylation sites is 1. The Morgan fingerprint density at radius 3 is 2.91 bits per heavy atom. The number of nitrogens with zero attached hydrogens (tertiary/aromatic N) is 1. The van der Waals surface area contributed by atoms with Crippen LogP contribution >= 0.6 is 11.8 Å². The summed E-state index contributed by atoms with van der Waals surface area (Å²) in [4.78, 5) is 14.3. The van der Waals surface area contributed by atoms with Crippen molar-refractivity contribution in [3.05, 3.63) is 30.3 Å². The lowest BCUT2D eigenvalue weighted by molar-refractivity contribution is 0.181. The molecule has 2 heterocycles. The normalized spacial score (nSPS) is 25.0. The van der Waals surface area contributed by atoms with Gasteiger partial charge in [0.1, 0.15) is 0 Å². The summed E-state index contributed by atoms with van der Waals surface area (Å²) in [6, 6.07) is 10.7. The van der Waals surface area contributed by atoms with E-state index in [2.05, 4.69) is 22.8 Å². The number of carbonyl (C=O) groups is 1. The lowest BCUT2D eigenvalue weighted by Crippen LogP contribution is -2.49. The van der Waals surface area contributed by atoms with Gasteiger partial charge in [-0.2, -0.15) is 11.8 Å². The lowest BCUT2D eigenvalue weighted by Gasteiger charge is -2.34. The molecule has 0 bridgehead atoms. The van der Waals surface area contributed by atoms with Crippen LogP contribution in [0.2, 0.25) is 0 Å². The van der Waals surface area contributed by atoms with Crippen LogP contribution in [-0.4, -0.2) is 48.1 Å². The van der Waals surface area contributed by atoms with Gasteiger partial charge in [0.2, 0.25) is 0 Å². The average molecular weight is 319 g/mol. The Morgan fingerprint density at radius 1 is 1.27 bits per heavy atom. The molecule has 1 aromatic carbocycles. The number of carbonyl (C=O) groups excluding carboxylic acids is 1. The first kappa shape index (κ1) is 15.5. The first-order chi connectivity index (χ1) is 10.8. The van der Waals surface area contributed by atoms with Crippen LogP contribution in [0.5, 0.6) is 0 Å². The van der Waals surface area contributed by atoms with E-state index in [1.807, 2.05) is 34.9 Å². The number of hydrogen-bond acceptors (Lipinski definition) is 3. The van der Waals surface area contributed by atoms with Crippen molar-refractivity contribution in [1.29, 1.82) is 0 Å². The third kappa shape index (κ3) is 4.32. The lowest BCUT2D eigenvalue weighted by atomic mass is 10.1. The molecule has 2 fully saturated rings. The fourth-order valence-electron chi connectivity index (χ4n) is 3.14. The number of piperidine rings is 1. The summed E-state index contributed by atoms with van der Waals surface area (Å²) in [6.45, 7) is 2.50. The van der Waals surface area contributed by atoms with Gasteiger partial charge in [0.15, 0.2) is 0 Å². The fraction of sp³-hybridized carbons (Fsp3) is 0.588. The second-order valence-corrected chi connectivity index (χ2v) is 7.36. The third-order valence-corrected chi connectivity index (χ3v) is 5.65. The van der Waals surface area contributed by atoms with E-state index in [9.17, 15) is 4.79 Å². The van der Waals surface area contributed by atoms with Crippen LogP contribution in [0, 0.1) is 5.92 Å². The number of benzene rings is 1. The van der Waals surface area contributed by atoms with E-state index in [1.165, 1.54) is 17.9 Å². The molecule has 2 amide bonds. The SMILES string of the molecule is O=C(NC[C@@H]1CCSC1)N1CCC[C@@H](Nc2ccccc2)C1. The zero-order chi connectivity index (χ0) is 15.2. The Labute approximate surface area is 137 Å². The van der Waals surface area contributed by atoms with E-state index >= 15 is 0 Å². The van der Waals surface area contributed by atoms with Crippen molar-refractivity contribution in [3.63, 3.8) is 0 Å². The highest BCUT2D eigenvalue weighted by atomic mass is 32.2. The summed E-state index contributed by atoms with van der Waals surface area (Å²) in [5.74, 6) is 3.10. The Bertz CT molecular complexity index is 476. The molecule has 0 radical (unpaired) electrons. The molecule has 2 N–H and O–H groups in total. The highest BCUT2D eigenvalue weighted by Gasteiger charge is 2.24. The minimum atomic E-state index is 0.108. The second kappa shape index (κ2) is 7.77. The van der Waals surface area contributed by atoms with Crippen molar-refractivity contribution >= 4 is 23.5 Å². The molecule has 3 rings (SSSR count). The van der Waals surface area contributed by atoms with E-state index in [0.29, 0.717) is 12.0 Å². The molecule has 2 saturated heterocycles. The standard InChI is InChI=1S/C17H25N3OS/c21-17(18-11-14-8-10-22-13-14)20-9-4-7-16(12-20)19-15-5-2-1-3-6-15/h1-3,5-6,14,16,19H,4,7-13H2,(H,18,21)/t14-,16+/m0/s1. The summed E-state index contributed by atoms with van der Waals surface area (Å²) in [7, 11) is 0. The fourth-order valence-corrected chi connectivity index (χ4v) is 4.42. The van der Waals surface area contributed by atoms with Crippen molar-refractivity contribution < 1.29 is 4.79 Å². The molecule has 5 heteroatoms. The maximum Gasteiger partial charge on any atom is 0.317 e. The number of thioether (sulfide) groups is 1. The zero-order valence-electron chi connectivity index (χ0n) is 13.0. The Hall–Kier alpha value is -1.36. The van der Waals surface area contributed by atoms with Gasteiger partial charge in [0, 0.05) is 31.4 Å². The minimum absolute atomic E-state index is 0.108. The van der Waals surface area contributed by atoms with Gasteiger partial charge in [-0.3, -0.25) is 0 Å². The van der Waals surface area contributed by atoms with Crippen LogP contribution in [0.25, 0.3) is 0 Å². The molecule has 2 aliphatic rings. The number of urea groups is 1. The van der Waals surface area contributed by atoms with Crippen molar-refractivity contribution in [2.75, 3.05) is 36.5 Å². The van der Waals surface area contributed by atoms with Gasteiger partial charge in [-0.15, -0.1) is 0 Å². The Morgan fingerprint density at radius 2 is 2.14 bits per heavy atom. The maximum absolute atomic E-state index is 12.3. The minimum Gasteiger partial charge on any atom is -0.381 e. The number of hydrogen-bond donors (Lipinski definition) is 2. The number of likely N-dealkylation sites (tertiary alicyclic amines) is 1. The maximum atomic E-state index is 12.3. The predicted octanol–water partition coefficient (Wildman–Crippen LogP) is 3.03. The van der Waals surface area contributed by atoms with Gasteiger partial charge >= 0.3 is 6.03 Å². The molecule has 4 nitrogen and oxygen atoms in total. The third-order valence-electron chi connectivity index (χ3n) is 4.42. The first-order valence-electron chi connectivity index (χ1n) is 8.23. The van der Waals surface area contributed by atoms with Gasteiger partial charge in [0.05, 0.1) is 0 Å². The van der Waals surface area contributed by atoms with Gasteiger partial charge < -0.3 is 15.5 Å². The average Bonchev–Trinajstić information content (AvgIpc) is 3.07. The van der Waals surface area contributed by atoms with Gasteiger partial charge in [-0.1, -0.05) is 18.2 Å². The zero-order valence-corrected chi connectivity index (χ0v) is 13.8. The van der Waals surface area contributed by atoms with Crippen LogP contribution in [0.3, 0.4) is 0 Å². The molecule has 22 heavy (non-hydrogen) atoms. The van der Waals surface area contributed by atoms with Crippen LogP contribution in [-0.2, 0) is 0 Å². The van der Waals surface area contributed by atoms with Crippen molar-refractivity contribution in [1.82, 2.24) is 10.2 Å². The molecule has 0 saturated carbocycles. The highest BCUT2D eigenvalue weighted by molar-refractivity contribution is 7.99. The van der Waals surface area contributed by atoms with Crippen molar-refractivity contribution in [3.8, 4) is 0 Å². The van der Waals surface area contributed by atoms with Crippen LogP contribution in [0.4, 0.5) is 10.5 Å². The molecule has 120 valence electrons. The van der Waals surface area contributed by atoms with E-state index in [-0.39, 0.29) is 6.03 Å². The van der Waals surface area contributed by atoms with E-state index < -0.39 is 0 Å². The largest absolute Gasteiger partial charge is 0.381 e. The number of nitrogens with one attached hydrogen (secondary N) is 2. The molecule has 1 aromatic rings. The summed E-state index contributed by atoms with van der Waals surface area (Å²) < 4.78 is 0. The van der Waals surface area contributed by atoms with Crippen molar-refractivity contribution in [2.45, 2.75) is 25.3 Å². The smallest absolute Gasteiger partial charge is 0.317 e. The van der Waals surface area contributed by atoms with Gasteiger partial charge in [-0.05, 0) is 48.8 Å². The quantitative estimate of drug-likeness (QED) is 0.896. The Balaban J connectivity index is 1.46. The predicted molar refractivity (Wildman–Crippen MR) is 93.5 cm³/mol. The number of amides is 2. The van der Waals surface area contributed by atoms with Gasteiger partial charge in [-0.25, -0.2) is 4.79 Å². The molecule has 0 aliphatic carbocycles. The molecule has 0 spiro atoms. The second-order valence-electron chi connectivity index (χ2n) is 6.21. The van der Waals surface area contributed by atoms with Crippen LogP contribution in [0.1, 0.15) is 19.3 Å². The van der Waals surface area contributed by atoms with Crippen LogP contribution in [0.15, 0.2) is 30.3 Å². The summed E-state index contributed by atoms with van der Waals surface area (Å²) in [6.07, 6.45) is 3.43. The molecule has 0 aromatic heterocycles. The van der Waals surface area contributed by atoms with Crippen LogP contribution < -0.4 is 10.6 Å². The number of anilines is 1. The molecular weight excluding hydrogens is 294 g/mol. The summed E-state index contributed by atoms with van der Waals surface area (Å²) in [5, 5.41) is 6.66. The van der Waals surface area contributed by atoms with E-state index in [4.69, 9.17) is 0 Å². The van der Waals surface area contributed by atoms with Crippen molar-refractivity contribution in [2.24, 2.45) is 5.92 Å². The number of rotatable bonds is 4.